The number of carbonyl (C=O) groups is 2. The van der Waals surface area contributed by atoms with Gasteiger partial charge in [-0.25, -0.2) is 0 Å². The van der Waals surface area contributed by atoms with Crippen molar-refractivity contribution in [3.63, 3.8) is 0 Å². The number of hydrazine groups is 1. The third kappa shape index (κ3) is 5.13. The van der Waals surface area contributed by atoms with Gasteiger partial charge in [-0.1, -0.05) is 59.8 Å². The third-order valence-electron chi connectivity index (χ3n) is 4.72. The van der Waals surface area contributed by atoms with Crippen LogP contribution in [0, 0.1) is 6.92 Å². The van der Waals surface area contributed by atoms with Crippen LogP contribution in [-0.4, -0.2) is 17.0 Å². The molecule has 0 atom stereocenters. The van der Waals surface area contributed by atoms with E-state index in [1.54, 1.807) is 12.1 Å². The van der Waals surface area contributed by atoms with E-state index in [0.29, 0.717) is 11.3 Å². The molecule has 156 valence electrons. The zero-order chi connectivity index (χ0) is 21.6. The van der Waals surface area contributed by atoms with Crippen molar-refractivity contribution in [3.8, 4) is 0 Å². The number of rotatable bonds is 6. The van der Waals surface area contributed by atoms with E-state index in [4.69, 9.17) is 4.52 Å². The Kier molecular flexibility index (Phi) is 6.33. The van der Waals surface area contributed by atoms with Gasteiger partial charge in [0.15, 0.2) is 0 Å². The second-order valence-corrected chi connectivity index (χ2v) is 8.05. The van der Waals surface area contributed by atoms with E-state index in [1.807, 2.05) is 67.6 Å². The maximum Gasteiger partial charge on any atom is 0.270 e. The Morgan fingerprint density at radius 1 is 0.968 bits per heavy atom. The van der Waals surface area contributed by atoms with Crippen LogP contribution < -0.4 is 10.9 Å². The Morgan fingerprint density at radius 2 is 1.74 bits per heavy atom. The highest BCUT2D eigenvalue weighted by Gasteiger charge is 2.14. The lowest BCUT2D eigenvalue weighted by Crippen LogP contribution is -2.42. The lowest BCUT2D eigenvalue weighted by Gasteiger charge is -2.11. The smallest absolute Gasteiger partial charge is 0.270 e. The SMILES string of the molecule is Cc1cc(CSc2ccccc2C(=O)NNC(=O)Cc2cccc3ccccc23)on1. The van der Waals surface area contributed by atoms with Crippen LogP contribution in [0.15, 0.2) is 82.2 Å². The van der Waals surface area contributed by atoms with Gasteiger partial charge in [-0.3, -0.25) is 20.4 Å². The molecule has 0 bridgehead atoms. The first-order chi connectivity index (χ1) is 15.1. The second-order valence-electron chi connectivity index (χ2n) is 7.04. The minimum absolute atomic E-state index is 0.170. The fourth-order valence-electron chi connectivity index (χ4n) is 3.27. The first-order valence-electron chi connectivity index (χ1n) is 9.80. The molecule has 0 saturated heterocycles. The molecule has 0 saturated carbocycles. The van der Waals surface area contributed by atoms with Gasteiger partial charge in [0, 0.05) is 11.0 Å². The molecule has 4 aromatic rings. The predicted octanol–water partition coefficient (Wildman–Crippen LogP) is 4.43. The highest BCUT2D eigenvalue weighted by atomic mass is 32.2. The molecule has 4 rings (SSSR count). The molecule has 0 aliphatic heterocycles. The zero-order valence-corrected chi connectivity index (χ0v) is 17.7. The monoisotopic (exact) mass is 431 g/mol. The molecule has 0 aliphatic carbocycles. The molecule has 0 spiro atoms. The Labute approximate surface area is 184 Å². The largest absolute Gasteiger partial charge is 0.360 e. The van der Waals surface area contributed by atoms with Crippen molar-refractivity contribution in [3.05, 3.63) is 95.4 Å². The van der Waals surface area contributed by atoms with Crippen LogP contribution in [0.1, 0.15) is 27.4 Å². The van der Waals surface area contributed by atoms with E-state index < -0.39 is 0 Å². The van der Waals surface area contributed by atoms with Gasteiger partial charge in [-0.15, -0.1) is 11.8 Å². The number of carbonyl (C=O) groups excluding carboxylic acids is 2. The molecule has 7 heteroatoms. The lowest BCUT2D eigenvalue weighted by molar-refractivity contribution is -0.121. The summed E-state index contributed by atoms with van der Waals surface area (Å²) in [6, 6.07) is 22.9. The van der Waals surface area contributed by atoms with E-state index in [0.717, 1.165) is 32.7 Å². The van der Waals surface area contributed by atoms with Gasteiger partial charge in [0.2, 0.25) is 5.91 Å². The summed E-state index contributed by atoms with van der Waals surface area (Å²) in [5.74, 6) is 0.634. The van der Waals surface area contributed by atoms with Crippen LogP contribution in [0.4, 0.5) is 0 Å². The summed E-state index contributed by atoms with van der Waals surface area (Å²) < 4.78 is 5.22. The molecular weight excluding hydrogens is 410 g/mol. The average molecular weight is 432 g/mol. The fourth-order valence-corrected chi connectivity index (χ4v) is 4.20. The summed E-state index contributed by atoms with van der Waals surface area (Å²) in [5, 5.41) is 5.97. The lowest BCUT2D eigenvalue weighted by atomic mass is 10.0. The van der Waals surface area contributed by atoms with Crippen molar-refractivity contribution in [2.45, 2.75) is 24.0 Å². The number of hydrogen-bond donors (Lipinski definition) is 2. The Balaban J connectivity index is 1.38. The van der Waals surface area contributed by atoms with Gasteiger partial charge in [0.05, 0.1) is 23.4 Å². The number of aryl methyl sites for hydroxylation is 1. The highest BCUT2D eigenvalue weighted by Crippen LogP contribution is 2.26. The topological polar surface area (TPSA) is 84.2 Å². The number of fused-ring (bicyclic) bond motifs is 1. The first kappa shape index (κ1) is 20.7. The van der Waals surface area contributed by atoms with Crippen LogP contribution in [0.2, 0.25) is 0 Å². The van der Waals surface area contributed by atoms with Crippen molar-refractivity contribution in [2.24, 2.45) is 0 Å². The number of hydrogen-bond acceptors (Lipinski definition) is 5. The number of nitrogens with one attached hydrogen (secondary N) is 2. The second kappa shape index (κ2) is 9.49. The minimum atomic E-state index is -0.372. The summed E-state index contributed by atoms with van der Waals surface area (Å²) in [6.07, 6.45) is 0.170. The van der Waals surface area contributed by atoms with Crippen molar-refractivity contribution >= 4 is 34.3 Å². The zero-order valence-electron chi connectivity index (χ0n) is 16.9. The molecule has 0 radical (unpaired) electrons. The Morgan fingerprint density at radius 3 is 2.58 bits per heavy atom. The summed E-state index contributed by atoms with van der Waals surface area (Å²) in [5.41, 5.74) is 7.25. The molecule has 2 amide bonds. The number of aromatic nitrogens is 1. The summed E-state index contributed by atoms with van der Waals surface area (Å²) in [7, 11) is 0. The molecule has 0 aliphatic rings. The molecule has 1 heterocycles. The summed E-state index contributed by atoms with van der Waals surface area (Å²) in [6.45, 7) is 1.86. The van der Waals surface area contributed by atoms with Gasteiger partial charge < -0.3 is 4.52 Å². The first-order valence-corrected chi connectivity index (χ1v) is 10.8. The summed E-state index contributed by atoms with van der Waals surface area (Å²) in [4.78, 5) is 25.9. The number of nitrogens with zero attached hydrogens (tertiary/aromatic N) is 1. The Hall–Kier alpha value is -3.58. The van der Waals surface area contributed by atoms with Crippen molar-refractivity contribution in [1.82, 2.24) is 16.0 Å². The molecule has 0 fully saturated rings. The van der Waals surface area contributed by atoms with Crippen molar-refractivity contribution in [2.75, 3.05) is 0 Å². The molecule has 3 aromatic carbocycles. The molecule has 1 aromatic heterocycles. The Bertz CT molecular complexity index is 1230. The minimum Gasteiger partial charge on any atom is -0.360 e. The standard InChI is InChI=1S/C24H21N3O3S/c1-16-13-19(30-27-16)15-31-22-12-5-4-11-21(22)24(29)26-25-23(28)14-18-9-6-8-17-7-2-3-10-20(17)18/h2-13H,14-15H2,1H3,(H,25,28)(H,26,29). The van der Waals surface area contributed by atoms with Gasteiger partial charge >= 0.3 is 0 Å². The van der Waals surface area contributed by atoms with E-state index in [9.17, 15) is 9.59 Å². The van der Waals surface area contributed by atoms with Crippen LogP contribution in [-0.2, 0) is 17.0 Å². The number of benzene rings is 3. The third-order valence-corrected chi connectivity index (χ3v) is 5.82. The maximum atomic E-state index is 12.7. The highest BCUT2D eigenvalue weighted by molar-refractivity contribution is 7.98. The van der Waals surface area contributed by atoms with Gasteiger partial charge in [-0.05, 0) is 35.4 Å². The van der Waals surface area contributed by atoms with E-state index in [2.05, 4.69) is 16.0 Å². The fraction of sp³-hybridized carbons (Fsp3) is 0.125. The molecule has 31 heavy (non-hydrogen) atoms. The predicted molar refractivity (Wildman–Crippen MR) is 121 cm³/mol. The number of thioether (sulfide) groups is 1. The molecule has 2 N–H and O–H groups in total. The van der Waals surface area contributed by atoms with Crippen LogP contribution >= 0.6 is 11.8 Å². The maximum absolute atomic E-state index is 12.7. The van der Waals surface area contributed by atoms with E-state index in [-0.39, 0.29) is 18.2 Å². The normalized spacial score (nSPS) is 10.7. The van der Waals surface area contributed by atoms with Crippen LogP contribution in [0.5, 0.6) is 0 Å². The van der Waals surface area contributed by atoms with Crippen LogP contribution in [0.25, 0.3) is 10.8 Å². The molecule has 0 unspecified atom stereocenters. The summed E-state index contributed by atoms with van der Waals surface area (Å²) >= 11 is 1.47. The van der Waals surface area contributed by atoms with Gasteiger partial charge in [-0.2, -0.15) is 0 Å². The number of amides is 2. The van der Waals surface area contributed by atoms with Gasteiger partial charge in [0.1, 0.15) is 5.76 Å². The molecule has 6 nitrogen and oxygen atoms in total. The van der Waals surface area contributed by atoms with E-state index >= 15 is 0 Å². The van der Waals surface area contributed by atoms with Crippen molar-refractivity contribution in [1.29, 1.82) is 0 Å². The van der Waals surface area contributed by atoms with Crippen LogP contribution in [0.3, 0.4) is 0 Å². The van der Waals surface area contributed by atoms with E-state index in [1.165, 1.54) is 11.8 Å². The van der Waals surface area contributed by atoms with Crippen molar-refractivity contribution < 1.29 is 14.1 Å². The molecular formula is C24H21N3O3S. The average Bonchev–Trinajstić information content (AvgIpc) is 3.21. The van der Waals surface area contributed by atoms with Gasteiger partial charge in [0.25, 0.3) is 5.91 Å². The quantitative estimate of drug-likeness (QED) is 0.348.